The van der Waals surface area contributed by atoms with Crippen LogP contribution >= 0.6 is 23.2 Å². The molecule has 3 aromatic carbocycles. The molecule has 1 N–H and O–H groups in total. The lowest BCUT2D eigenvalue weighted by Crippen LogP contribution is -2.59. The Kier molecular flexibility index (Phi) is 9.99. The monoisotopic (exact) mass is 660 g/mol. The molecule has 1 aliphatic carbocycles. The molecular formula is C33H35Cl2FN2O5S. The Balaban J connectivity index is 1.60. The van der Waals surface area contributed by atoms with Crippen molar-refractivity contribution < 1.29 is 27.5 Å². The largest absolute Gasteiger partial charge is 0.481 e. The minimum absolute atomic E-state index is 0.0130. The average Bonchev–Trinajstić information content (AvgIpc) is 3.81. The van der Waals surface area contributed by atoms with E-state index < -0.39 is 40.2 Å². The van der Waals surface area contributed by atoms with Gasteiger partial charge in [0.2, 0.25) is 16.8 Å². The number of carbonyl (C=O) groups is 2. The summed E-state index contributed by atoms with van der Waals surface area (Å²) in [5, 5.41) is 10.9. The van der Waals surface area contributed by atoms with Gasteiger partial charge in [0.1, 0.15) is 5.82 Å². The lowest BCUT2D eigenvalue weighted by molar-refractivity contribution is -0.161. The topological polar surface area (TPSA) is 95.0 Å². The summed E-state index contributed by atoms with van der Waals surface area (Å²) in [6, 6.07) is 19.8. The number of likely N-dealkylation sites (tertiary alicyclic amines) is 1. The van der Waals surface area contributed by atoms with Gasteiger partial charge >= 0.3 is 5.97 Å². The molecule has 2 aliphatic rings. The molecule has 0 bridgehead atoms. The smallest absolute Gasteiger partial charge is 0.304 e. The number of carbonyl (C=O) groups excluding carboxylic acids is 1. The van der Waals surface area contributed by atoms with Gasteiger partial charge in [-0.15, -0.1) is 0 Å². The number of hydrogen-bond donors (Lipinski definition) is 2. The molecule has 0 radical (unpaired) electrons. The number of thiol groups is 1. The van der Waals surface area contributed by atoms with Crippen molar-refractivity contribution in [3.05, 3.63) is 105 Å². The van der Waals surface area contributed by atoms with Gasteiger partial charge in [-0.3, -0.25) is 9.59 Å². The van der Waals surface area contributed by atoms with E-state index in [4.69, 9.17) is 23.2 Å². The highest BCUT2D eigenvalue weighted by Crippen LogP contribution is 2.54. The summed E-state index contributed by atoms with van der Waals surface area (Å²) in [5.74, 6) is -2.15. The van der Waals surface area contributed by atoms with Gasteiger partial charge in [0.25, 0.3) is 0 Å². The van der Waals surface area contributed by atoms with E-state index in [1.165, 1.54) is 10.4 Å². The SMILES string of the molecule is C[C@]1(CC(=O)O)CC(c2cccc(Cl)c2)[C@@H](c2ccc(Cl)cc2)N(C(CN(CCc2ccccc2F)[SH](=O)=O)C2CC2)C1=O. The number of carboxylic acid groups (broad SMARTS) is 1. The maximum Gasteiger partial charge on any atom is 0.304 e. The van der Waals surface area contributed by atoms with Crippen LogP contribution in [0.15, 0.2) is 72.8 Å². The number of hydrogen-bond acceptors (Lipinski definition) is 4. The maximum absolute atomic E-state index is 14.6. The molecule has 1 saturated carbocycles. The summed E-state index contributed by atoms with van der Waals surface area (Å²) in [6.45, 7) is 1.74. The molecule has 0 spiro atoms. The van der Waals surface area contributed by atoms with Gasteiger partial charge < -0.3 is 10.0 Å². The van der Waals surface area contributed by atoms with E-state index in [1.807, 2.05) is 30.3 Å². The van der Waals surface area contributed by atoms with Crippen molar-refractivity contribution in [2.75, 3.05) is 13.1 Å². The molecule has 7 nitrogen and oxygen atoms in total. The minimum atomic E-state index is -3.06. The van der Waals surface area contributed by atoms with E-state index in [1.54, 1.807) is 48.2 Å². The van der Waals surface area contributed by atoms with Gasteiger partial charge in [-0.25, -0.2) is 17.1 Å². The third-order valence-electron chi connectivity index (χ3n) is 8.88. The Labute approximate surface area is 268 Å². The first-order valence-electron chi connectivity index (χ1n) is 14.6. The van der Waals surface area contributed by atoms with Crippen molar-refractivity contribution >= 4 is 46.0 Å². The molecule has 234 valence electrons. The van der Waals surface area contributed by atoms with Crippen molar-refractivity contribution in [3.63, 3.8) is 0 Å². The minimum Gasteiger partial charge on any atom is -0.481 e. The Morgan fingerprint density at radius 3 is 2.36 bits per heavy atom. The molecular weight excluding hydrogens is 626 g/mol. The quantitative estimate of drug-likeness (QED) is 0.216. The summed E-state index contributed by atoms with van der Waals surface area (Å²) in [4.78, 5) is 28.5. The van der Waals surface area contributed by atoms with Crippen molar-refractivity contribution in [1.82, 2.24) is 9.21 Å². The predicted octanol–water partition coefficient (Wildman–Crippen LogP) is 6.52. The number of benzene rings is 3. The summed E-state index contributed by atoms with van der Waals surface area (Å²) >= 11 is 12.7. The number of amides is 1. The van der Waals surface area contributed by atoms with Gasteiger partial charge in [0.15, 0.2) is 0 Å². The zero-order chi connectivity index (χ0) is 31.6. The van der Waals surface area contributed by atoms with Crippen molar-refractivity contribution in [3.8, 4) is 0 Å². The Morgan fingerprint density at radius 2 is 1.75 bits per heavy atom. The molecule has 5 rings (SSSR count). The Hall–Kier alpha value is -2.98. The summed E-state index contributed by atoms with van der Waals surface area (Å²) in [5.41, 5.74) is 0.806. The van der Waals surface area contributed by atoms with Crippen LogP contribution < -0.4 is 0 Å². The first kappa shape index (κ1) is 32.4. The highest BCUT2D eigenvalue weighted by Gasteiger charge is 2.54. The molecule has 0 aromatic heterocycles. The Morgan fingerprint density at radius 1 is 1.05 bits per heavy atom. The van der Waals surface area contributed by atoms with Crippen molar-refractivity contribution in [2.45, 2.75) is 57.0 Å². The highest BCUT2D eigenvalue weighted by atomic mass is 35.5. The van der Waals surface area contributed by atoms with Crippen LogP contribution in [-0.2, 0) is 26.9 Å². The van der Waals surface area contributed by atoms with Crippen LogP contribution in [0.4, 0.5) is 4.39 Å². The van der Waals surface area contributed by atoms with Gasteiger partial charge in [-0.2, -0.15) is 0 Å². The second-order valence-corrected chi connectivity index (χ2v) is 14.0. The number of nitrogens with zero attached hydrogens (tertiary/aromatic N) is 2. The van der Waals surface area contributed by atoms with Crippen LogP contribution in [0.3, 0.4) is 0 Å². The van der Waals surface area contributed by atoms with Crippen LogP contribution in [0.5, 0.6) is 0 Å². The zero-order valence-corrected chi connectivity index (χ0v) is 26.6. The van der Waals surface area contributed by atoms with E-state index >= 15 is 0 Å². The van der Waals surface area contributed by atoms with Gasteiger partial charge in [0, 0.05) is 35.1 Å². The van der Waals surface area contributed by atoms with E-state index in [9.17, 15) is 27.5 Å². The number of piperidine rings is 1. The molecule has 1 aliphatic heterocycles. The molecule has 2 unspecified atom stereocenters. The number of carboxylic acids is 1. The van der Waals surface area contributed by atoms with Crippen LogP contribution in [-0.4, -0.2) is 53.7 Å². The fourth-order valence-corrected chi connectivity index (χ4v) is 7.48. The maximum atomic E-state index is 14.6. The second-order valence-electron chi connectivity index (χ2n) is 12.1. The Bertz CT molecular complexity index is 1590. The van der Waals surface area contributed by atoms with Crippen LogP contribution in [0.1, 0.15) is 61.3 Å². The van der Waals surface area contributed by atoms with Crippen LogP contribution in [0, 0.1) is 17.2 Å². The van der Waals surface area contributed by atoms with E-state index in [0.717, 1.165) is 24.0 Å². The molecule has 11 heteroatoms. The number of aliphatic carboxylic acids is 1. The van der Waals surface area contributed by atoms with Crippen LogP contribution in [0.2, 0.25) is 10.0 Å². The summed E-state index contributed by atoms with van der Waals surface area (Å²) < 4.78 is 40.9. The first-order valence-corrected chi connectivity index (χ1v) is 16.5. The summed E-state index contributed by atoms with van der Waals surface area (Å²) in [7, 11) is -3.06. The molecule has 44 heavy (non-hydrogen) atoms. The lowest BCUT2D eigenvalue weighted by Gasteiger charge is -2.52. The summed E-state index contributed by atoms with van der Waals surface area (Å²) in [6.07, 6.45) is 1.65. The molecule has 1 amide bonds. The third kappa shape index (κ3) is 7.28. The standard InChI is InChI=1S/C33H35Cl2FN2O5S/c1-33(19-30(39)40)18-27(24-6-4-7-26(35)17-24)31(23-11-13-25(34)14-12-23)38(32(33)41)29(22-9-10-22)20-37(44(42)43)16-15-21-5-2-3-8-28(21)36/h2-8,11-14,17,22,27,29,31,44H,9-10,15-16,18-20H2,1H3,(H,39,40)/t27?,29?,31-,33-/m1/s1. The van der Waals surface area contributed by atoms with E-state index in [-0.39, 0.29) is 50.1 Å². The highest BCUT2D eigenvalue weighted by molar-refractivity contribution is 7.69. The normalized spacial score (nSPS) is 22.9. The van der Waals surface area contributed by atoms with E-state index in [0.29, 0.717) is 15.6 Å². The van der Waals surface area contributed by atoms with E-state index in [2.05, 4.69) is 0 Å². The predicted molar refractivity (Wildman–Crippen MR) is 169 cm³/mol. The fourth-order valence-electron chi connectivity index (χ4n) is 6.60. The van der Waals surface area contributed by atoms with Gasteiger partial charge in [0.05, 0.1) is 17.9 Å². The molecule has 1 heterocycles. The first-order chi connectivity index (χ1) is 21.0. The van der Waals surface area contributed by atoms with Gasteiger partial charge in [-0.05, 0) is 78.6 Å². The molecule has 2 fully saturated rings. The zero-order valence-electron chi connectivity index (χ0n) is 24.2. The molecule has 1 saturated heterocycles. The van der Waals surface area contributed by atoms with Crippen LogP contribution in [0.25, 0.3) is 0 Å². The molecule has 3 aromatic rings. The number of rotatable bonds is 12. The lowest BCUT2D eigenvalue weighted by atomic mass is 9.67. The van der Waals surface area contributed by atoms with Crippen molar-refractivity contribution in [2.24, 2.45) is 11.3 Å². The van der Waals surface area contributed by atoms with Crippen molar-refractivity contribution in [1.29, 1.82) is 0 Å². The number of halogens is 3. The fraction of sp³-hybridized carbons (Fsp3) is 0.394. The second kappa shape index (κ2) is 13.6. The van der Waals surface area contributed by atoms with Gasteiger partial charge in [-0.1, -0.05) is 72.6 Å². The molecule has 4 atom stereocenters. The average molecular weight is 662 g/mol. The third-order valence-corrected chi connectivity index (χ3v) is 10.2.